The van der Waals surface area contributed by atoms with Crippen LogP contribution in [0.5, 0.6) is 11.5 Å². The third-order valence-electron chi connectivity index (χ3n) is 3.24. The van der Waals surface area contributed by atoms with Gasteiger partial charge in [-0.3, -0.25) is 0 Å². The summed E-state index contributed by atoms with van der Waals surface area (Å²) in [5, 5.41) is 0. The molecule has 1 aromatic carbocycles. The number of rotatable bonds is 7. The van der Waals surface area contributed by atoms with Crippen LogP contribution in [0, 0.1) is 5.92 Å². The number of hydrogen-bond acceptors (Lipinski definition) is 3. The van der Waals surface area contributed by atoms with Gasteiger partial charge in [0.2, 0.25) is 0 Å². The molecule has 0 bridgehead atoms. The van der Waals surface area contributed by atoms with Gasteiger partial charge in [0.1, 0.15) is 11.5 Å². The van der Waals surface area contributed by atoms with Crippen molar-refractivity contribution in [1.29, 1.82) is 0 Å². The summed E-state index contributed by atoms with van der Waals surface area (Å²) in [6, 6.07) is 5.89. The summed E-state index contributed by atoms with van der Waals surface area (Å²) in [5.41, 5.74) is 7.34. The quantitative estimate of drug-likeness (QED) is 0.806. The van der Waals surface area contributed by atoms with Crippen molar-refractivity contribution in [3.8, 4) is 11.5 Å². The van der Waals surface area contributed by atoms with E-state index in [4.69, 9.17) is 15.2 Å². The van der Waals surface area contributed by atoms with Gasteiger partial charge in [0.15, 0.2) is 0 Å². The number of hydrogen-bond donors (Lipinski definition) is 1. The molecule has 18 heavy (non-hydrogen) atoms. The summed E-state index contributed by atoms with van der Waals surface area (Å²) in [6.45, 7) is 4.46. The molecule has 0 spiro atoms. The average Bonchev–Trinajstić information content (AvgIpc) is 2.38. The molecule has 0 aromatic heterocycles. The highest BCUT2D eigenvalue weighted by molar-refractivity contribution is 5.39. The Morgan fingerprint density at radius 3 is 2.11 bits per heavy atom. The monoisotopic (exact) mass is 251 g/mol. The number of nitrogens with two attached hydrogens (primary N) is 1. The lowest BCUT2D eigenvalue weighted by Crippen LogP contribution is -2.14. The summed E-state index contributed by atoms with van der Waals surface area (Å²) in [6.07, 6.45) is 3.41. The van der Waals surface area contributed by atoms with Crippen molar-refractivity contribution in [2.24, 2.45) is 11.7 Å². The largest absolute Gasteiger partial charge is 0.497 e. The highest BCUT2D eigenvalue weighted by Crippen LogP contribution is 2.29. The van der Waals surface area contributed by atoms with E-state index in [2.05, 4.69) is 13.8 Å². The fourth-order valence-corrected chi connectivity index (χ4v) is 2.22. The predicted octanol–water partition coefficient (Wildman–Crippen LogP) is 3.53. The van der Waals surface area contributed by atoms with E-state index < -0.39 is 0 Å². The lowest BCUT2D eigenvalue weighted by Gasteiger charge is -2.18. The molecule has 0 radical (unpaired) electrons. The first kappa shape index (κ1) is 14.8. The Morgan fingerprint density at radius 1 is 1.11 bits per heavy atom. The molecule has 2 N–H and O–H groups in total. The van der Waals surface area contributed by atoms with Gasteiger partial charge in [-0.15, -0.1) is 0 Å². The molecule has 1 aromatic rings. The van der Waals surface area contributed by atoms with Gasteiger partial charge < -0.3 is 15.2 Å². The molecule has 0 saturated carbocycles. The standard InChI is InChI=1S/C15H25NO2/c1-5-6-11(2)7-15(16)12-8-13(17-3)10-14(9-12)18-4/h8-11,15H,5-7,16H2,1-4H3. The van der Waals surface area contributed by atoms with Gasteiger partial charge in [-0.25, -0.2) is 0 Å². The van der Waals surface area contributed by atoms with Gasteiger partial charge >= 0.3 is 0 Å². The van der Waals surface area contributed by atoms with Crippen LogP contribution < -0.4 is 15.2 Å². The molecular weight excluding hydrogens is 226 g/mol. The second kappa shape index (κ2) is 7.27. The van der Waals surface area contributed by atoms with Gasteiger partial charge in [0.25, 0.3) is 0 Å². The molecule has 102 valence electrons. The van der Waals surface area contributed by atoms with Crippen LogP contribution in [-0.4, -0.2) is 14.2 Å². The molecule has 0 amide bonds. The minimum absolute atomic E-state index is 0.0375. The first-order valence-corrected chi connectivity index (χ1v) is 6.59. The van der Waals surface area contributed by atoms with Crippen molar-refractivity contribution in [3.63, 3.8) is 0 Å². The van der Waals surface area contributed by atoms with Gasteiger partial charge in [-0.1, -0.05) is 26.7 Å². The topological polar surface area (TPSA) is 44.5 Å². The van der Waals surface area contributed by atoms with Gasteiger partial charge in [0.05, 0.1) is 14.2 Å². The summed E-state index contributed by atoms with van der Waals surface area (Å²) in [7, 11) is 3.31. The van der Waals surface area contributed by atoms with Crippen molar-refractivity contribution in [3.05, 3.63) is 23.8 Å². The van der Waals surface area contributed by atoms with E-state index >= 15 is 0 Å². The Balaban J connectivity index is 2.80. The van der Waals surface area contributed by atoms with Gasteiger partial charge in [-0.05, 0) is 30.0 Å². The van der Waals surface area contributed by atoms with Gasteiger partial charge in [0, 0.05) is 12.1 Å². The third kappa shape index (κ3) is 4.22. The maximum Gasteiger partial charge on any atom is 0.122 e. The zero-order chi connectivity index (χ0) is 13.5. The average molecular weight is 251 g/mol. The van der Waals surface area contributed by atoms with Crippen LogP contribution in [0.15, 0.2) is 18.2 Å². The second-order valence-electron chi connectivity index (χ2n) is 4.88. The molecule has 0 aliphatic heterocycles. The van der Waals surface area contributed by atoms with Crippen LogP contribution in [0.4, 0.5) is 0 Å². The first-order valence-electron chi connectivity index (χ1n) is 6.59. The predicted molar refractivity (Wildman–Crippen MR) is 75.2 cm³/mol. The highest BCUT2D eigenvalue weighted by Gasteiger charge is 2.13. The number of benzene rings is 1. The number of methoxy groups -OCH3 is 2. The Kier molecular flexibility index (Phi) is 5.99. The molecule has 0 aliphatic carbocycles. The zero-order valence-electron chi connectivity index (χ0n) is 11.9. The van der Waals surface area contributed by atoms with E-state index in [0.717, 1.165) is 23.5 Å². The molecule has 0 heterocycles. The van der Waals surface area contributed by atoms with Crippen molar-refractivity contribution in [1.82, 2.24) is 0 Å². The van der Waals surface area contributed by atoms with Crippen molar-refractivity contribution < 1.29 is 9.47 Å². The fourth-order valence-electron chi connectivity index (χ4n) is 2.22. The molecule has 0 fully saturated rings. The van der Waals surface area contributed by atoms with Crippen LogP contribution >= 0.6 is 0 Å². The Labute approximate surface area is 110 Å². The molecule has 0 saturated heterocycles. The fraction of sp³-hybridized carbons (Fsp3) is 0.600. The highest BCUT2D eigenvalue weighted by atomic mass is 16.5. The van der Waals surface area contributed by atoms with Crippen LogP contribution in [0.1, 0.15) is 44.7 Å². The summed E-state index contributed by atoms with van der Waals surface area (Å²) in [5.74, 6) is 2.23. The molecule has 2 atom stereocenters. The van der Waals surface area contributed by atoms with Gasteiger partial charge in [-0.2, -0.15) is 0 Å². The number of ether oxygens (including phenoxy) is 2. The maximum atomic E-state index is 6.26. The normalized spacial score (nSPS) is 14.1. The lowest BCUT2D eigenvalue weighted by atomic mass is 9.93. The molecule has 0 aliphatic rings. The van der Waals surface area contributed by atoms with E-state index in [9.17, 15) is 0 Å². The van der Waals surface area contributed by atoms with E-state index in [1.165, 1.54) is 12.8 Å². The van der Waals surface area contributed by atoms with E-state index in [1.807, 2.05) is 18.2 Å². The lowest BCUT2D eigenvalue weighted by molar-refractivity contribution is 0.390. The van der Waals surface area contributed by atoms with Crippen molar-refractivity contribution in [2.75, 3.05) is 14.2 Å². The SMILES string of the molecule is CCCC(C)CC(N)c1cc(OC)cc(OC)c1. The molecule has 2 unspecified atom stereocenters. The molecule has 1 rings (SSSR count). The Bertz CT molecular complexity index is 343. The van der Waals surface area contributed by atoms with Crippen molar-refractivity contribution >= 4 is 0 Å². The van der Waals surface area contributed by atoms with Crippen LogP contribution in [0.2, 0.25) is 0 Å². The minimum atomic E-state index is 0.0375. The summed E-state index contributed by atoms with van der Waals surface area (Å²) < 4.78 is 10.5. The minimum Gasteiger partial charge on any atom is -0.497 e. The maximum absolute atomic E-state index is 6.26. The van der Waals surface area contributed by atoms with Crippen LogP contribution in [0.3, 0.4) is 0 Å². The third-order valence-corrected chi connectivity index (χ3v) is 3.24. The second-order valence-corrected chi connectivity index (χ2v) is 4.88. The van der Waals surface area contributed by atoms with E-state index in [-0.39, 0.29) is 6.04 Å². The van der Waals surface area contributed by atoms with Crippen LogP contribution in [-0.2, 0) is 0 Å². The smallest absolute Gasteiger partial charge is 0.122 e. The molecular formula is C15H25NO2. The molecule has 3 nitrogen and oxygen atoms in total. The Morgan fingerprint density at radius 2 is 1.67 bits per heavy atom. The Hall–Kier alpha value is -1.22. The first-order chi connectivity index (χ1) is 8.60. The summed E-state index contributed by atoms with van der Waals surface area (Å²) >= 11 is 0. The van der Waals surface area contributed by atoms with Crippen molar-refractivity contribution in [2.45, 2.75) is 39.2 Å². The molecule has 3 heteroatoms. The van der Waals surface area contributed by atoms with E-state index in [1.54, 1.807) is 14.2 Å². The summed E-state index contributed by atoms with van der Waals surface area (Å²) in [4.78, 5) is 0. The van der Waals surface area contributed by atoms with Crippen LogP contribution in [0.25, 0.3) is 0 Å². The zero-order valence-corrected chi connectivity index (χ0v) is 11.9. The van der Waals surface area contributed by atoms with E-state index in [0.29, 0.717) is 5.92 Å².